The molecule has 0 spiro atoms. The van der Waals surface area contributed by atoms with Crippen molar-refractivity contribution in [3.05, 3.63) is 107 Å². The van der Waals surface area contributed by atoms with E-state index in [-0.39, 0.29) is 102 Å². The van der Waals surface area contributed by atoms with E-state index in [1.807, 2.05) is 14.1 Å². The number of carbonyl (C=O) groups is 9. The SMILES string of the molecule is CN(C)CCCNC(=O)c1cc(CC(=O)c2nc(CC(=O)c3cc(NC(=O)CCCNC(=O)C4CCCC4)cn3C)cn2C)cn1C.Cn1cc(NC(=O)c2nccn2C)cc1C(=O)Nc1cn(C)c(C(=O)NCCNC(=O)C2CCCC2)n1. The van der Waals surface area contributed by atoms with Crippen molar-refractivity contribution in [2.75, 3.05) is 62.8 Å². The Labute approximate surface area is 487 Å². The minimum absolute atomic E-state index is 0.0173. The number of aryl methyl sites for hydroxylation is 6. The van der Waals surface area contributed by atoms with E-state index >= 15 is 0 Å². The highest BCUT2D eigenvalue weighted by molar-refractivity contribution is 6.06. The highest BCUT2D eigenvalue weighted by Crippen LogP contribution is 2.26. The van der Waals surface area contributed by atoms with Gasteiger partial charge in [0, 0.05) is 137 Å². The molecule has 26 heteroatoms. The summed E-state index contributed by atoms with van der Waals surface area (Å²) >= 11 is 0. The molecule has 2 saturated carbocycles. The number of carbonyl (C=O) groups excluding carboxylic acids is 9. The Morgan fingerprint density at radius 3 is 1.74 bits per heavy atom. The van der Waals surface area contributed by atoms with Crippen LogP contribution in [0.25, 0.3) is 0 Å². The van der Waals surface area contributed by atoms with E-state index in [0.29, 0.717) is 60.1 Å². The predicted octanol–water partition coefficient (Wildman–Crippen LogP) is 3.69. The van der Waals surface area contributed by atoms with Crippen molar-refractivity contribution in [3.8, 4) is 0 Å². The van der Waals surface area contributed by atoms with E-state index in [1.54, 1.807) is 108 Å². The molecule has 7 N–H and O–H groups in total. The van der Waals surface area contributed by atoms with Gasteiger partial charge in [0.25, 0.3) is 23.6 Å². The lowest BCUT2D eigenvalue weighted by Gasteiger charge is -2.10. The number of amides is 7. The number of ketones is 2. The molecule has 0 atom stereocenters. The van der Waals surface area contributed by atoms with Gasteiger partial charge in [0.1, 0.15) is 11.4 Å². The van der Waals surface area contributed by atoms with Crippen LogP contribution in [0.5, 0.6) is 0 Å². The normalized spacial score (nSPS) is 13.3. The molecule has 6 aromatic heterocycles. The van der Waals surface area contributed by atoms with E-state index < -0.39 is 17.7 Å². The van der Waals surface area contributed by atoms with Crippen LogP contribution in [0.3, 0.4) is 0 Å². The lowest BCUT2D eigenvalue weighted by molar-refractivity contribution is -0.125. The number of rotatable bonds is 26. The molecule has 6 aromatic rings. The van der Waals surface area contributed by atoms with Gasteiger partial charge in [-0.2, -0.15) is 0 Å². The second-order valence-corrected chi connectivity index (χ2v) is 21.9. The van der Waals surface area contributed by atoms with Crippen LogP contribution in [-0.4, -0.2) is 147 Å². The average molecular weight is 1160 g/mol. The van der Waals surface area contributed by atoms with Gasteiger partial charge in [0.2, 0.25) is 29.3 Å². The highest BCUT2D eigenvalue weighted by atomic mass is 16.2. The van der Waals surface area contributed by atoms with Crippen LogP contribution in [0.4, 0.5) is 17.2 Å². The fourth-order valence-electron chi connectivity index (χ4n) is 10.3. The van der Waals surface area contributed by atoms with Crippen molar-refractivity contribution in [2.45, 2.75) is 83.5 Å². The first-order valence-electron chi connectivity index (χ1n) is 28.4. The maximum Gasteiger partial charge on any atom is 0.291 e. The summed E-state index contributed by atoms with van der Waals surface area (Å²) in [5.41, 5.74) is 3.26. The summed E-state index contributed by atoms with van der Waals surface area (Å²) in [6.45, 7) is 2.49. The summed E-state index contributed by atoms with van der Waals surface area (Å²) in [6.07, 6.45) is 21.2. The average Bonchev–Trinajstić information content (AvgIpc) is 4.53. The zero-order valence-electron chi connectivity index (χ0n) is 49.3. The van der Waals surface area contributed by atoms with Gasteiger partial charge in [-0.1, -0.05) is 25.7 Å². The number of hydrogen-bond acceptors (Lipinski definition) is 13. The van der Waals surface area contributed by atoms with Gasteiger partial charge in [0.05, 0.1) is 29.2 Å². The summed E-state index contributed by atoms with van der Waals surface area (Å²) in [5, 5.41) is 19.6. The molecule has 84 heavy (non-hydrogen) atoms. The molecule has 0 aliphatic heterocycles. The predicted molar refractivity (Wildman–Crippen MR) is 313 cm³/mol. The van der Waals surface area contributed by atoms with Gasteiger partial charge in [-0.25, -0.2) is 15.0 Å². The van der Waals surface area contributed by atoms with Crippen molar-refractivity contribution >= 4 is 70.1 Å². The van der Waals surface area contributed by atoms with E-state index in [1.165, 1.54) is 23.0 Å². The molecule has 6 heterocycles. The van der Waals surface area contributed by atoms with Crippen LogP contribution in [-0.2, 0) is 69.5 Å². The fraction of sp³-hybridized carbons (Fsp3) is 0.483. The third kappa shape index (κ3) is 17.3. The number of nitrogens with one attached hydrogen (secondary N) is 7. The molecule has 0 bridgehead atoms. The lowest BCUT2D eigenvalue weighted by atomic mass is 10.1. The number of imidazole rings is 3. The molecule has 8 rings (SSSR count). The largest absolute Gasteiger partial charge is 0.356 e. The van der Waals surface area contributed by atoms with Crippen LogP contribution in [0.15, 0.2) is 61.6 Å². The molecule has 26 nitrogen and oxygen atoms in total. The number of nitrogens with zero attached hydrogens (tertiary/aromatic N) is 10. The summed E-state index contributed by atoms with van der Waals surface area (Å²) in [7, 11) is 14.2. The van der Waals surface area contributed by atoms with Crippen molar-refractivity contribution in [1.29, 1.82) is 0 Å². The van der Waals surface area contributed by atoms with Gasteiger partial charge < -0.3 is 69.5 Å². The summed E-state index contributed by atoms with van der Waals surface area (Å²) in [4.78, 5) is 128. The number of hydrogen-bond donors (Lipinski definition) is 7. The standard InChI is InChI=1S/C34H48N8O5.C24H31N9O4/c1-39(2)15-9-14-36-34(47)28-16-23(20-40(28)3)17-30(44)32-38-26(22-42(32)5)19-29(43)27-18-25(21-41(27)4)37-31(45)12-8-13-35-33(46)24-10-6-7-11-24;1-31-11-10-25-19(31)24(37)28-16-12-17(32(2)13-16)22(35)30-18-14-33(3)20(29-18)23(36)27-9-8-26-21(34)15-6-4-5-7-15/h16,18,20-22,24H,6-15,17,19H2,1-5H3,(H,35,46)(H,36,47)(H,37,45);10-15H,4-9H2,1-3H3,(H,26,34)(H,27,36)(H,28,37)(H,30,35). The van der Waals surface area contributed by atoms with Gasteiger partial charge in [-0.3, -0.25) is 43.2 Å². The fourth-order valence-corrected chi connectivity index (χ4v) is 10.3. The maximum absolute atomic E-state index is 13.2. The van der Waals surface area contributed by atoms with Gasteiger partial charge in [-0.05, 0) is 82.9 Å². The molecule has 2 fully saturated rings. The first-order valence-corrected chi connectivity index (χ1v) is 28.4. The Kier molecular flexibility index (Phi) is 21.9. The van der Waals surface area contributed by atoms with Crippen LogP contribution in [0.2, 0.25) is 0 Å². The van der Waals surface area contributed by atoms with E-state index in [4.69, 9.17) is 0 Å². The molecule has 450 valence electrons. The van der Waals surface area contributed by atoms with E-state index in [0.717, 1.165) is 64.3 Å². The van der Waals surface area contributed by atoms with Crippen LogP contribution < -0.4 is 37.2 Å². The highest BCUT2D eigenvalue weighted by Gasteiger charge is 2.25. The first kappa shape index (κ1) is 62.7. The summed E-state index contributed by atoms with van der Waals surface area (Å²) in [6, 6.07) is 4.88. The second kappa shape index (κ2) is 29.3. The van der Waals surface area contributed by atoms with Crippen molar-refractivity contribution in [1.82, 2.24) is 68.5 Å². The molecule has 0 unspecified atom stereocenters. The van der Waals surface area contributed by atoms with Crippen molar-refractivity contribution in [2.24, 2.45) is 54.1 Å². The van der Waals surface area contributed by atoms with Gasteiger partial charge in [0.15, 0.2) is 23.2 Å². The monoisotopic (exact) mass is 1160 g/mol. The Hall–Kier alpha value is -8.94. The number of Topliss-reactive ketones (excluding diaryl/α,β-unsaturated/α-hetero) is 2. The number of aromatic nitrogens is 9. The molecule has 0 aromatic carbocycles. The Morgan fingerprint density at radius 2 is 1.08 bits per heavy atom. The summed E-state index contributed by atoms with van der Waals surface area (Å²) < 4.78 is 9.64. The van der Waals surface area contributed by atoms with Crippen molar-refractivity contribution < 1.29 is 43.2 Å². The molecule has 7 amide bonds. The third-order valence-corrected chi connectivity index (χ3v) is 14.7. The van der Waals surface area contributed by atoms with E-state index in [2.05, 4.69) is 57.1 Å². The zero-order chi connectivity index (χ0) is 60.6. The van der Waals surface area contributed by atoms with Crippen LogP contribution in [0.1, 0.15) is 145 Å². The molecular formula is C58H79N17O9. The minimum atomic E-state index is -0.459. The summed E-state index contributed by atoms with van der Waals surface area (Å²) in [5.74, 6) is -1.00. The Balaban J connectivity index is 0.000000248. The Morgan fingerprint density at radius 1 is 0.512 bits per heavy atom. The van der Waals surface area contributed by atoms with Gasteiger partial charge in [-0.15, -0.1) is 0 Å². The second-order valence-electron chi connectivity index (χ2n) is 21.9. The first-order chi connectivity index (χ1) is 40.1. The topological polar surface area (TPSA) is 309 Å². The Bertz CT molecular complexity index is 3340. The molecule has 2 aliphatic rings. The minimum Gasteiger partial charge on any atom is -0.356 e. The van der Waals surface area contributed by atoms with E-state index in [9.17, 15) is 43.2 Å². The van der Waals surface area contributed by atoms with Crippen molar-refractivity contribution in [3.63, 3.8) is 0 Å². The van der Waals surface area contributed by atoms with Crippen LogP contribution >= 0.6 is 0 Å². The third-order valence-electron chi connectivity index (χ3n) is 14.7. The molecular weight excluding hydrogens is 1080 g/mol. The maximum atomic E-state index is 13.2. The van der Waals surface area contributed by atoms with Crippen LogP contribution in [0, 0.1) is 11.8 Å². The smallest absolute Gasteiger partial charge is 0.291 e. The quantitative estimate of drug-likeness (QED) is 0.0302. The van der Waals surface area contributed by atoms with Gasteiger partial charge >= 0.3 is 0 Å². The molecule has 0 saturated heterocycles. The number of anilines is 3. The molecule has 2 aliphatic carbocycles. The zero-order valence-corrected chi connectivity index (χ0v) is 49.3. The molecule has 0 radical (unpaired) electrons. The lowest BCUT2D eigenvalue weighted by Crippen LogP contribution is -2.37.